The van der Waals surface area contributed by atoms with Crippen LogP contribution in [0.15, 0.2) is 53.9 Å². The molecule has 3 aromatic rings. The number of ether oxygens (including phenoxy) is 2. The molecule has 3 rings (SSSR count). The summed E-state index contributed by atoms with van der Waals surface area (Å²) in [7, 11) is 3.16. The molecule has 0 aliphatic rings. The number of carbonyl (C=O) groups excluding carboxylic acids is 1. The van der Waals surface area contributed by atoms with Gasteiger partial charge in [-0.05, 0) is 37.3 Å². The van der Waals surface area contributed by atoms with Crippen molar-refractivity contribution in [2.75, 3.05) is 14.2 Å². The second kappa shape index (κ2) is 7.69. The van der Waals surface area contributed by atoms with E-state index in [9.17, 15) is 4.79 Å². The van der Waals surface area contributed by atoms with E-state index in [1.165, 1.54) is 0 Å². The van der Waals surface area contributed by atoms with E-state index >= 15 is 0 Å². The van der Waals surface area contributed by atoms with Crippen LogP contribution in [0.3, 0.4) is 0 Å². The van der Waals surface area contributed by atoms with Crippen molar-refractivity contribution in [2.45, 2.75) is 13.5 Å². The van der Waals surface area contributed by atoms with Gasteiger partial charge in [0.2, 0.25) is 0 Å². The number of fused-ring (bicyclic) bond motifs is 1. The van der Waals surface area contributed by atoms with E-state index in [0.717, 1.165) is 16.6 Å². The van der Waals surface area contributed by atoms with Crippen molar-refractivity contribution in [1.82, 2.24) is 15.0 Å². The molecule has 0 spiro atoms. The highest BCUT2D eigenvalue weighted by Crippen LogP contribution is 2.27. The first-order chi connectivity index (χ1) is 12.6. The van der Waals surface area contributed by atoms with Gasteiger partial charge in [-0.2, -0.15) is 5.10 Å². The second-order valence-corrected chi connectivity index (χ2v) is 5.66. The second-order valence-electron chi connectivity index (χ2n) is 5.66. The van der Waals surface area contributed by atoms with Gasteiger partial charge in [-0.3, -0.25) is 4.79 Å². The number of methoxy groups -OCH3 is 2. The Morgan fingerprint density at radius 2 is 1.92 bits per heavy atom. The van der Waals surface area contributed by atoms with Crippen LogP contribution in [-0.4, -0.2) is 35.4 Å². The lowest BCUT2D eigenvalue weighted by atomic mass is 10.1. The number of hydrogen-bond donors (Lipinski definition) is 1. The SMILES string of the molecule is COc1ccc(/C(C)=N\NC(=O)Cn2cnc3ccccc32)cc1OC. The Hall–Kier alpha value is -3.35. The largest absolute Gasteiger partial charge is 0.493 e. The number of aromatic nitrogens is 2. The maximum absolute atomic E-state index is 12.2. The average Bonchev–Trinajstić information content (AvgIpc) is 3.08. The van der Waals surface area contributed by atoms with Gasteiger partial charge in [0.15, 0.2) is 11.5 Å². The molecule has 1 N–H and O–H groups in total. The molecule has 7 nitrogen and oxygen atoms in total. The number of hydrazone groups is 1. The van der Waals surface area contributed by atoms with E-state index in [2.05, 4.69) is 15.5 Å². The van der Waals surface area contributed by atoms with Crippen molar-refractivity contribution < 1.29 is 14.3 Å². The highest BCUT2D eigenvalue weighted by atomic mass is 16.5. The van der Waals surface area contributed by atoms with Crippen LogP contribution in [0.25, 0.3) is 11.0 Å². The summed E-state index contributed by atoms with van der Waals surface area (Å²) in [4.78, 5) is 16.5. The summed E-state index contributed by atoms with van der Waals surface area (Å²) in [6.45, 7) is 1.96. The molecule has 0 radical (unpaired) electrons. The summed E-state index contributed by atoms with van der Waals surface area (Å²) >= 11 is 0. The molecule has 0 atom stereocenters. The zero-order chi connectivity index (χ0) is 18.5. The van der Waals surface area contributed by atoms with Crippen LogP contribution in [-0.2, 0) is 11.3 Å². The molecule has 1 heterocycles. The van der Waals surface area contributed by atoms with Crippen LogP contribution in [0.4, 0.5) is 0 Å². The van der Waals surface area contributed by atoms with Gasteiger partial charge in [-0.25, -0.2) is 10.4 Å². The third-order valence-electron chi connectivity index (χ3n) is 3.99. The summed E-state index contributed by atoms with van der Waals surface area (Å²) in [5.74, 6) is 1.02. The predicted molar refractivity (Wildman–Crippen MR) is 99.6 cm³/mol. The lowest BCUT2D eigenvalue weighted by molar-refractivity contribution is -0.121. The first-order valence-corrected chi connectivity index (χ1v) is 8.07. The van der Waals surface area contributed by atoms with Crippen LogP contribution < -0.4 is 14.9 Å². The predicted octanol–water partition coefficient (Wildman–Crippen LogP) is 2.59. The highest BCUT2D eigenvalue weighted by Gasteiger charge is 2.09. The summed E-state index contributed by atoms with van der Waals surface area (Å²) in [5.41, 5.74) is 5.83. The fraction of sp³-hybridized carbons (Fsp3) is 0.211. The molecule has 0 bridgehead atoms. The van der Waals surface area contributed by atoms with E-state index in [1.807, 2.05) is 43.3 Å². The van der Waals surface area contributed by atoms with Gasteiger partial charge in [0.05, 0.1) is 37.3 Å². The van der Waals surface area contributed by atoms with Crippen molar-refractivity contribution >= 4 is 22.7 Å². The zero-order valence-corrected chi connectivity index (χ0v) is 14.9. The van der Waals surface area contributed by atoms with E-state index in [0.29, 0.717) is 17.2 Å². The van der Waals surface area contributed by atoms with Crippen molar-refractivity contribution in [2.24, 2.45) is 5.10 Å². The van der Waals surface area contributed by atoms with Crippen molar-refractivity contribution in [3.63, 3.8) is 0 Å². The maximum Gasteiger partial charge on any atom is 0.260 e. The van der Waals surface area contributed by atoms with Gasteiger partial charge >= 0.3 is 0 Å². The molecule has 26 heavy (non-hydrogen) atoms. The van der Waals surface area contributed by atoms with Gasteiger partial charge in [-0.1, -0.05) is 12.1 Å². The minimum atomic E-state index is -0.229. The standard InChI is InChI=1S/C19H20N4O3/c1-13(14-8-9-17(25-2)18(10-14)26-3)21-22-19(24)11-23-12-20-15-6-4-5-7-16(15)23/h4-10,12H,11H2,1-3H3,(H,22,24)/b21-13-. The van der Waals surface area contributed by atoms with Crippen LogP contribution in [0.1, 0.15) is 12.5 Å². The lowest BCUT2D eigenvalue weighted by Crippen LogP contribution is -2.24. The summed E-state index contributed by atoms with van der Waals surface area (Å²) in [6, 6.07) is 13.1. The molecule has 0 aliphatic heterocycles. The number of rotatable bonds is 6. The van der Waals surface area contributed by atoms with E-state index in [1.54, 1.807) is 31.2 Å². The summed E-state index contributed by atoms with van der Waals surface area (Å²) in [6.07, 6.45) is 1.65. The zero-order valence-electron chi connectivity index (χ0n) is 14.9. The molecule has 0 saturated heterocycles. The van der Waals surface area contributed by atoms with E-state index in [4.69, 9.17) is 9.47 Å². The first kappa shape index (κ1) is 17.5. The van der Waals surface area contributed by atoms with Crippen molar-refractivity contribution in [3.8, 4) is 11.5 Å². The Morgan fingerprint density at radius 3 is 2.69 bits per heavy atom. The number of nitrogens with zero attached hydrogens (tertiary/aromatic N) is 3. The summed E-state index contributed by atoms with van der Waals surface area (Å²) in [5, 5.41) is 4.17. The fourth-order valence-electron chi connectivity index (χ4n) is 2.60. The molecule has 0 unspecified atom stereocenters. The molecule has 2 aromatic carbocycles. The monoisotopic (exact) mass is 352 g/mol. The Morgan fingerprint density at radius 1 is 1.15 bits per heavy atom. The summed E-state index contributed by atoms with van der Waals surface area (Å²) < 4.78 is 12.3. The Labute approximate surface area is 151 Å². The van der Waals surface area contributed by atoms with Crippen LogP contribution in [0.2, 0.25) is 0 Å². The van der Waals surface area contributed by atoms with Gasteiger partial charge < -0.3 is 14.0 Å². The molecule has 1 amide bonds. The third-order valence-corrected chi connectivity index (χ3v) is 3.99. The van der Waals surface area contributed by atoms with Crippen molar-refractivity contribution in [3.05, 3.63) is 54.4 Å². The molecule has 134 valence electrons. The maximum atomic E-state index is 12.2. The van der Waals surface area contributed by atoms with Gasteiger partial charge in [0, 0.05) is 5.56 Å². The first-order valence-electron chi connectivity index (χ1n) is 8.07. The number of para-hydroxylation sites is 2. The van der Waals surface area contributed by atoms with Crippen LogP contribution in [0.5, 0.6) is 11.5 Å². The Bertz CT molecular complexity index is 962. The van der Waals surface area contributed by atoms with E-state index in [-0.39, 0.29) is 12.5 Å². The number of amides is 1. The van der Waals surface area contributed by atoms with Gasteiger partial charge in [-0.15, -0.1) is 0 Å². The molecular formula is C19H20N4O3. The third kappa shape index (κ3) is 3.66. The minimum Gasteiger partial charge on any atom is -0.493 e. The highest BCUT2D eigenvalue weighted by molar-refractivity contribution is 5.99. The minimum absolute atomic E-state index is 0.142. The Balaban J connectivity index is 1.69. The lowest BCUT2D eigenvalue weighted by Gasteiger charge is -2.09. The smallest absolute Gasteiger partial charge is 0.260 e. The molecule has 0 saturated carbocycles. The molecule has 0 fully saturated rings. The molecule has 1 aromatic heterocycles. The number of hydrogen-bond acceptors (Lipinski definition) is 5. The topological polar surface area (TPSA) is 77.7 Å². The Kier molecular flexibility index (Phi) is 5.17. The van der Waals surface area contributed by atoms with Crippen LogP contribution >= 0.6 is 0 Å². The van der Waals surface area contributed by atoms with Crippen molar-refractivity contribution in [1.29, 1.82) is 0 Å². The molecular weight excluding hydrogens is 332 g/mol. The van der Waals surface area contributed by atoms with Gasteiger partial charge in [0.1, 0.15) is 6.54 Å². The quantitative estimate of drug-likeness (QED) is 0.546. The fourth-order valence-corrected chi connectivity index (χ4v) is 2.60. The molecule has 7 heteroatoms. The number of benzene rings is 2. The number of imidazole rings is 1. The van der Waals surface area contributed by atoms with Crippen LogP contribution in [0, 0.1) is 0 Å². The van der Waals surface area contributed by atoms with Gasteiger partial charge in [0.25, 0.3) is 5.91 Å². The number of carbonyl (C=O) groups is 1. The normalized spacial score (nSPS) is 11.4. The average molecular weight is 352 g/mol. The number of nitrogens with one attached hydrogen (secondary N) is 1. The molecule has 0 aliphatic carbocycles. The van der Waals surface area contributed by atoms with E-state index < -0.39 is 0 Å².